The van der Waals surface area contributed by atoms with Crippen LogP contribution in [0.2, 0.25) is 0 Å². The highest BCUT2D eigenvalue weighted by atomic mass is 16.1. The van der Waals surface area contributed by atoms with E-state index in [0.29, 0.717) is 29.0 Å². The molecule has 2 aliphatic heterocycles. The van der Waals surface area contributed by atoms with Crippen molar-refractivity contribution in [3.63, 3.8) is 0 Å². The van der Waals surface area contributed by atoms with Crippen molar-refractivity contribution in [3.8, 4) is 0 Å². The van der Waals surface area contributed by atoms with Crippen molar-refractivity contribution in [1.29, 1.82) is 0 Å². The molecule has 0 atom stereocenters. The quantitative estimate of drug-likeness (QED) is 0.465. The van der Waals surface area contributed by atoms with Crippen LogP contribution in [-0.4, -0.2) is 87.5 Å². The fourth-order valence-electron chi connectivity index (χ4n) is 6.78. The van der Waals surface area contributed by atoms with Crippen molar-refractivity contribution < 1.29 is 4.79 Å². The molecule has 1 N–H and O–H groups in total. The molecule has 3 aromatic rings. The Morgan fingerprint density at radius 3 is 2.30 bits per heavy atom. The van der Waals surface area contributed by atoms with E-state index in [1.165, 1.54) is 32.9 Å². The van der Waals surface area contributed by atoms with Crippen LogP contribution in [0.1, 0.15) is 67.4 Å². The Kier molecular flexibility index (Phi) is 7.55. The van der Waals surface area contributed by atoms with Crippen LogP contribution >= 0.6 is 0 Å². The number of nitrogens with zero attached hydrogens (tertiary/aromatic N) is 7. The molecule has 0 spiro atoms. The lowest BCUT2D eigenvalue weighted by Crippen LogP contribution is -2.53. The minimum atomic E-state index is -0.243. The van der Waals surface area contributed by atoms with Gasteiger partial charge in [-0.1, -0.05) is 12.8 Å². The van der Waals surface area contributed by atoms with Crippen molar-refractivity contribution in [2.24, 2.45) is 0 Å². The van der Waals surface area contributed by atoms with Crippen LogP contribution in [0.3, 0.4) is 0 Å². The number of ketones is 1. The number of pyridine rings is 2. The van der Waals surface area contributed by atoms with Crippen LogP contribution in [0.15, 0.2) is 29.3 Å². The number of carbonyl (C=O) groups is 1. The van der Waals surface area contributed by atoms with Gasteiger partial charge in [0.05, 0.1) is 17.4 Å². The van der Waals surface area contributed by atoms with Crippen LogP contribution in [-0.2, 0) is 0 Å². The number of likely N-dealkylation sites (tertiary alicyclic amines) is 1. The Balaban J connectivity index is 1.18. The van der Waals surface area contributed by atoms with E-state index in [9.17, 15) is 9.59 Å². The number of anilines is 3. The summed E-state index contributed by atoms with van der Waals surface area (Å²) >= 11 is 0. The highest BCUT2D eigenvalue weighted by molar-refractivity contribution is 5.99. The molecule has 1 aliphatic carbocycles. The second-order valence-corrected chi connectivity index (χ2v) is 11.7. The lowest BCUT2D eigenvalue weighted by molar-refractivity contribution is 0.101. The Hall–Kier alpha value is -3.37. The van der Waals surface area contributed by atoms with Gasteiger partial charge in [0.25, 0.3) is 5.56 Å². The summed E-state index contributed by atoms with van der Waals surface area (Å²) in [6.07, 6.45) is 10.1. The number of Topliss-reactive ketones (excluding diaryl/α,β-unsaturated/α-hetero) is 1. The summed E-state index contributed by atoms with van der Waals surface area (Å²) in [5, 5.41) is 3.97. The second kappa shape index (κ2) is 11.2. The van der Waals surface area contributed by atoms with Gasteiger partial charge in [-0.15, -0.1) is 0 Å². The topological polar surface area (TPSA) is 99.5 Å². The maximum absolute atomic E-state index is 13.5. The number of nitrogens with one attached hydrogen (secondary N) is 1. The van der Waals surface area contributed by atoms with Crippen molar-refractivity contribution in [3.05, 3.63) is 46.0 Å². The number of rotatable bonds is 6. The summed E-state index contributed by atoms with van der Waals surface area (Å²) in [6, 6.07) is 4.82. The van der Waals surface area contributed by atoms with Gasteiger partial charge in [0.1, 0.15) is 11.5 Å². The van der Waals surface area contributed by atoms with Gasteiger partial charge in [0.2, 0.25) is 5.95 Å². The van der Waals surface area contributed by atoms with Crippen molar-refractivity contribution >= 4 is 34.3 Å². The van der Waals surface area contributed by atoms with E-state index in [1.54, 1.807) is 10.8 Å². The Bertz CT molecular complexity index is 1430. The number of piperidine rings is 1. The molecule has 0 amide bonds. The zero-order valence-electron chi connectivity index (χ0n) is 23.9. The minimum absolute atomic E-state index is 0.0498. The van der Waals surface area contributed by atoms with Crippen LogP contribution in [0.5, 0.6) is 0 Å². The van der Waals surface area contributed by atoms with E-state index in [4.69, 9.17) is 4.98 Å². The smallest absolute Gasteiger partial charge is 0.263 e. The van der Waals surface area contributed by atoms with Crippen molar-refractivity contribution in [2.75, 3.05) is 56.5 Å². The predicted molar refractivity (Wildman–Crippen MR) is 158 cm³/mol. The Morgan fingerprint density at radius 1 is 0.925 bits per heavy atom. The van der Waals surface area contributed by atoms with Gasteiger partial charge in [-0.3, -0.25) is 19.1 Å². The summed E-state index contributed by atoms with van der Waals surface area (Å²) in [5.41, 5.74) is 2.35. The molecule has 2 saturated heterocycles. The standard InChI is InChI=1S/C30H40N8O2/c1-20-25-19-32-30(34-28(25)38(23-6-4-5-7-23)29(40)27(20)21(2)39)33-26-9-8-24(18-31-26)37-16-14-36(15-17-37)22-10-12-35(3)13-11-22/h8-9,18-19,22-23H,4-7,10-17H2,1-3H3,(H,31,32,33,34). The van der Waals surface area contributed by atoms with E-state index in [2.05, 4.69) is 43.1 Å². The SMILES string of the molecule is CC(=O)c1c(C)c2cnc(Nc3ccc(N4CCN(C5CCN(C)CC5)CC4)cn3)nc2n(C2CCCC2)c1=O. The first-order valence-corrected chi connectivity index (χ1v) is 14.7. The molecule has 40 heavy (non-hydrogen) atoms. The number of piperazine rings is 1. The zero-order valence-corrected chi connectivity index (χ0v) is 23.9. The zero-order chi connectivity index (χ0) is 27.8. The van der Waals surface area contributed by atoms with Gasteiger partial charge >= 0.3 is 0 Å². The van der Waals surface area contributed by atoms with Crippen LogP contribution < -0.4 is 15.8 Å². The highest BCUT2D eigenvalue weighted by Gasteiger charge is 2.27. The van der Waals surface area contributed by atoms with E-state index >= 15 is 0 Å². The first-order chi connectivity index (χ1) is 19.4. The molecular weight excluding hydrogens is 504 g/mol. The third-order valence-electron chi connectivity index (χ3n) is 9.12. The predicted octanol–water partition coefficient (Wildman–Crippen LogP) is 3.77. The molecule has 3 aromatic heterocycles. The van der Waals surface area contributed by atoms with Crippen molar-refractivity contribution in [2.45, 2.75) is 64.5 Å². The fourth-order valence-corrected chi connectivity index (χ4v) is 6.78. The summed E-state index contributed by atoms with van der Waals surface area (Å²) < 4.78 is 1.74. The maximum atomic E-state index is 13.5. The van der Waals surface area contributed by atoms with E-state index in [0.717, 1.165) is 62.9 Å². The lowest BCUT2D eigenvalue weighted by atomic mass is 10.0. The minimum Gasteiger partial charge on any atom is -0.368 e. The number of carbonyl (C=O) groups excluding carboxylic acids is 1. The largest absolute Gasteiger partial charge is 0.368 e. The number of hydrogen-bond donors (Lipinski definition) is 1. The first-order valence-electron chi connectivity index (χ1n) is 14.7. The summed E-state index contributed by atoms with van der Waals surface area (Å²) in [7, 11) is 2.22. The fraction of sp³-hybridized carbons (Fsp3) is 0.567. The average Bonchev–Trinajstić information content (AvgIpc) is 3.48. The number of fused-ring (bicyclic) bond motifs is 1. The third-order valence-corrected chi connectivity index (χ3v) is 9.12. The normalized spacial score (nSPS) is 19.9. The molecule has 5 heterocycles. The number of hydrogen-bond acceptors (Lipinski definition) is 9. The monoisotopic (exact) mass is 544 g/mol. The maximum Gasteiger partial charge on any atom is 0.263 e. The van der Waals surface area contributed by atoms with Crippen LogP contribution in [0.25, 0.3) is 11.0 Å². The van der Waals surface area contributed by atoms with Gasteiger partial charge in [0, 0.05) is 49.8 Å². The molecule has 3 fully saturated rings. The molecule has 212 valence electrons. The lowest BCUT2D eigenvalue weighted by Gasteiger charge is -2.42. The van der Waals surface area contributed by atoms with Crippen LogP contribution in [0, 0.1) is 6.92 Å². The number of aryl methyl sites for hydroxylation is 1. The molecule has 0 radical (unpaired) electrons. The Labute approximate surface area is 235 Å². The Morgan fingerprint density at radius 2 is 1.65 bits per heavy atom. The molecule has 10 heteroatoms. The molecule has 3 aliphatic rings. The third kappa shape index (κ3) is 5.22. The molecular formula is C30H40N8O2. The first kappa shape index (κ1) is 26.8. The summed E-state index contributed by atoms with van der Waals surface area (Å²) in [4.78, 5) is 47.3. The average molecular weight is 545 g/mol. The van der Waals surface area contributed by atoms with E-state index in [-0.39, 0.29) is 22.9 Å². The molecule has 0 bridgehead atoms. The van der Waals surface area contributed by atoms with Gasteiger partial charge in [-0.2, -0.15) is 4.98 Å². The summed E-state index contributed by atoms with van der Waals surface area (Å²) in [6.45, 7) is 9.85. The molecule has 0 unspecified atom stereocenters. The molecule has 1 saturated carbocycles. The van der Waals surface area contributed by atoms with Gasteiger partial charge in [-0.05, 0) is 77.4 Å². The van der Waals surface area contributed by atoms with Gasteiger partial charge < -0.3 is 15.1 Å². The molecule has 0 aromatic carbocycles. The van der Waals surface area contributed by atoms with Crippen LogP contribution in [0.4, 0.5) is 17.5 Å². The van der Waals surface area contributed by atoms with Gasteiger partial charge in [-0.25, -0.2) is 9.97 Å². The van der Waals surface area contributed by atoms with Gasteiger partial charge in [0.15, 0.2) is 5.78 Å². The van der Waals surface area contributed by atoms with Crippen molar-refractivity contribution in [1.82, 2.24) is 29.3 Å². The number of aromatic nitrogens is 4. The molecule has 6 rings (SSSR count). The summed E-state index contributed by atoms with van der Waals surface area (Å²) in [5.74, 6) is 0.825. The highest BCUT2D eigenvalue weighted by Crippen LogP contribution is 2.32. The van der Waals surface area contributed by atoms with E-state index in [1.807, 2.05) is 19.2 Å². The van der Waals surface area contributed by atoms with E-state index < -0.39 is 0 Å². The molecule has 10 nitrogen and oxygen atoms in total. The second-order valence-electron chi connectivity index (χ2n) is 11.7.